The fourth-order valence-corrected chi connectivity index (χ4v) is 3.01. The zero-order valence-corrected chi connectivity index (χ0v) is 17.1. The first-order chi connectivity index (χ1) is 15.6. The van der Waals surface area contributed by atoms with Gasteiger partial charge in [-0.1, -0.05) is 0 Å². The average Bonchev–Trinajstić information content (AvgIpc) is 2.76. The molecule has 1 amide bonds. The number of anilines is 3. The molecule has 1 saturated heterocycles. The quantitative estimate of drug-likeness (QED) is 0.481. The number of halogens is 4. The van der Waals surface area contributed by atoms with Gasteiger partial charge in [-0.05, 0) is 37.1 Å². The van der Waals surface area contributed by atoms with Gasteiger partial charge in [-0.2, -0.15) is 28.1 Å². The smallest absolute Gasteiger partial charge is 0.422 e. The van der Waals surface area contributed by atoms with Crippen molar-refractivity contribution in [3.8, 4) is 0 Å². The monoisotopic (exact) mass is 472 g/mol. The number of amides is 1. The number of carbonyl (C=O) groups excluding carboxylic acids is 2. The van der Waals surface area contributed by atoms with Crippen LogP contribution < -0.4 is 11.1 Å². The van der Waals surface area contributed by atoms with Gasteiger partial charge in [0, 0.05) is 18.8 Å². The Morgan fingerprint density at radius 3 is 2.39 bits per heavy atom. The van der Waals surface area contributed by atoms with Crippen LogP contribution in [-0.4, -0.2) is 57.8 Å². The van der Waals surface area contributed by atoms with Crippen molar-refractivity contribution < 1.29 is 36.6 Å². The maximum Gasteiger partial charge on any atom is 0.422 e. The Balaban J connectivity index is 1.48. The van der Waals surface area contributed by atoms with Gasteiger partial charge in [0.2, 0.25) is 11.9 Å². The van der Waals surface area contributed by atoms with E-state index in [0.717, 1.165) is 4.90 Å². The maximum atomic E-state index is 13.0. The van der Waals surface area contributed by atoms with Crippen molar-refractivity contribution in [1.82, 2.24) is 19.9 Å². The maximum absolute atomic E-state index is 13.0. The highest BCUT2D eigenvalue weighted by atomic mass is 19.4. The molecular formula is C19H20F4N6O4. The molecule has 1 aliphatic heterocycles. The Bertz CT molecular complexity index is 981. The van der Waals surface area contributed by atoms with Crippen LogP contribution in [0.4, 0.5) is 39.9 Å². The van der Waals surface area contributed by atoms with Crippen LogP contribution in [0.25, 0.3) is 0 Å². The minimum absolute atomic E-state index is 0.0564. The normalized spacial score (nSPS) is 14.6. The molecule has 0 unspecified atom stereocenters. The van der Waals surface area contributed by atoms with Crippen molar-refractivity contribution in [1.29, 1.82) is 0 Å². The molecule has 3 rings (SSSR count). The molecule has 33 heavy (non-hydrogen) atoms. The number of nitrogen functional groups attached to an aromatic ring is 1. The second-order valence-electron chi connectivity index (χ2n) is 7.10. The molecule has 0 atom stereocenters. The summed E-state index contributed by atoms with van der Waals surface area (Å²) in [5, 5.41) is 2.83. The predicted octanol–water partition coefficient (Wildman–Crippen LogP) is 2.79. The summed E-state index contributed by atoms with van der Waals surface area (Å²) in [7, 11) is 0. The molecule has 178 valence electrons. The minimum atomic E-state index is -4.61. The number of hydrogen-bond acceptors (Lipinski definition) is 9. The van der Waals surface area contributed by atoms with Gasteiger partial charge in [-0.3, -0.25) is 4.79 Å². The van der Waals surface area contributed by atoms with E-state index < -0.39 is 36.6 Å². The summed E-state index contributed by atoms with van der Waals surface area (Å²) in [6.07, 6.45) is -5.28. The SMILES string of the molecule is Nc1nc(COC(=O)C2CCN(C(=O)OCC(F)(F)F)CC2)nc(Nc2ccc(F)cc2)n1. The number of alkyl halides is 3. The number of likely N-dealkylation sites (tertiary alicyclic amines) is 1. The lowest BCUT2D eigenvalue weighted by Gasteiger charge is -2.30. The third kappa shape index (κ3) is 7.43. The molecule has 1 aromatic heterocycles. The zero-order chi connectivity index (χ0) is 24.0. The lowest BCUT2D eigenvalue weighted by atomic mass is 9.97. The van der Waals surface area contributed by atoms with E-state index in [1.54, 1.807) is 0 Å². The second kappa shape index (κ2) is 10.3. The van der Waals surface area contributed by atoms with Crippen LogP contribution in [-0.2, 0) is 20.9 Å². The number of hydrogen-bond donors (Lipinski definition) is 2. The van der Waals surface area contributed by atoms with Crippen molar-refractivity contribution in [3.05, 3.63) is 35.9 Å². The van der Waals surface area contributed by atoms with Gasteiger partial charge in [0.1, 0.15) is 5.82 Å². The number of rotatable bonds is 6. The number of nitrogens with two attached hydrogens (primary N) is 1. The van der Waals surface area contributed by atoms with Gasteiger partial charge in [-0.25, -0.2) is 9.18 Å². The molecule has 0 saturated carbocycles. The number of esters is 1. The van der Waals surface area contributed by atoms with Crippen LogP contribution in [0, 0.1) is 11.7 Å². The first-order valence-corrected chi connectivity index (χ1v) is 9.77. The van der Waals surface area contributed by atoms with Gasteiger partial charge in [0.15, 0.2) is 19.0 Å². The number of ether oxygens (including phenoxy) is 2. The van der Waals surface area contributed by atoms with Crippen LogP contribution >= 0.6 is 0 Å². The van der Waals surface area contributed by atoms with Crippen molar-refractivity contribution >= 4 is 29.6 Å². The van der Waals surface area contributed by atoms with E-state index in [9.17, 15) is 27.2 Å². The van der Waals surface area contributed by atoms with E-state index in [4.69, 9.17) is 10.5 Å². The number of benzene rings is 1. The van der Waals surface area contributed by atoms with Crippen molar-refractivity contribution in [2.75, 3.05) is 30.7 Å². The Morgan fingerprint density at radius 2 is 1.76 bits per heavy atom. The van der Waals surface area contributed by atoms with Crippen LogP contribution in [0.3, 0.4) is 0 Å². The summed E-state index contributed by atoms with van der Waals surface area (Å²) in [6.45, 7) is -1.85. The van der Waals surface area contributed by atoms with Gasteiger partial charge in [-0.15, -0.1) is 0 Å². The van der Waals surface area contributed by atoms with E-state index in [1.807, 2.05) is 0 Å². The largest absolute Gasteiger partial charge is 0.457 e. The first kappa shape index (κ1) is 23.9. The molecule has 1 fully saturated rings. The Kier molecular flexibility index (Phi) is 7.45. The van der Waals surface area contributed by atoms with Crippen molar-refractivity contribution in [2.45, 2.75) is 25.6 Å². The molecule has 0 spiro atoms. The lowest BCUT2D eigenvalue weighted by Crippen LogP contribution is -2.41. The lowest BCUT2D eigenvalue weighted by molar-refractivity contribution is -0.163. The Labute approximate surface area is 185 Å². The summed E-state index contributed by atoms with van der Waals surface area (Å²) in [4.78, 5) is 37.0. The topological polar surface area (TPSA) is 133 Å². The molecule has 0 radical (unpaired) electrons. The van der Waals surface area contributed by atoms with Crippen LogP contribution in [0.5, 0.6) is 0 Å². The molecule has 3 N–H and O–H groups in total. The fraction of sp³-hybridized carbons (Fsp3) is 0.421. The molecule has 2 aromatic rings. The van der Waals surface area contributed by atoms with E-state index in [2.05, 4.69) is 25.0 Å². The molecule has 0 bridgehead atoms. The zero-order valence-electron chi connectivity index (χ0n) is 17.1. The number of nitrogens with one attached hydrogen (secondary N) is 1. The summed E-state index contributed by atoms with van der Waals surface area (Å²) in [5.74, 6) is -1.49. The van der Waals surface area contributed by atoms with E-state index >= 15 is 0 Å². The fourth-order valence-electron chi connectivity index (χ4n) is 3.01. The minimum Gasteiger partial charge on any atom is -0.457 e. The number of carbonyl (C=O) groups is 2. The summed E-state index contributed by atoms with van der Waals surface area (Å²) in [6, 6.07) is 5.44. The molecule has 1 aliphatic rings. The standard InChI is InChI=1S/C19H20F4N6O4/c20-12-1-3-13(4-2-12)25-17-27-14(26-16(24)28-17)9-32-15(30)11-5-7-29(8-6-11)18(31)33-10-19(21,22)23/h1-4,11H,5-10H2,(H3,24,25,26,27,28). The summed E-state index contributed by atoms with van der Waals surface area (Å²) in [5.41, 5.74) is 6.16. The molecule has 0 aliphatic carbocycles. The highest BCUT2D eigenvalue weighted by molar-refractivity contribution is 5.73. The van der Waals surface area contributed by atoms with Crippen molar-refractivity contribution in [3.63, 3.8) is 0 Å². The summed E-state index contributed by atoms with van der Waals surface area (Å²) < 4.78 is 58.9. The highest BCUT2D eigenvalue weighted by Crippen LogP contribution is 2.21. The van der Waals surface area contributed by atoms with Crippen LogP contribution in [0.2, 0.25) is 0 Å². The molecule has 14 heteroatoms. The van der Waals surface area contributed by atoms with Crippen molar-refractivity contribution in [2.24, 2.45) is 5.92 Å². The van der Waals surface area contributed by atoms with E-state index in [-0.39, 0.29) is 50.3 Å². The predicted molar refractivity (Wildman–Crippen MR) is 105 cm³/mol. The Hall–Kier alpha value is -3.71. The first-order valence-electron chi connectivity index (χ1n) is 9.77. The van der Waals surface area contributed by atoms with Gasteiger partial charge >= 0.3 is 18.2 Å². The van der Waals surface area contributed by atoms with Crippen LogP contribution in [0.15, 0.2) is 24.3 Å². The highest BCUT2D eigenvalue weighted by Gasteiger charge is 2.33. The molecule has 10 nitrogen and oxygen atoms in total. The van der Waals surface area contributed by atoms with Gasteiger partial charge in [0.05, 0.1) is 5.92 Å². The van der Waals surface area contributed by atoms with Gasteiger partial charge < -0.3 is 25.4 Å². The van der Waals surface area contributed by atoms with E-state index in [0.29, 0.717) is 5.69 Å². The summed E-state index contributed by atoms with van der Waals surface area (Å²) >= 11 is 0. The third-order valence-electron chi connectivity index (χ3n) is 4.59. The molecule has 1 aromatic carbocycles. The average molecular weight is 472 g/mol. The number of aromatic nitrogens is 3. The van der Waals surface area contributed by atoms with Crippen LogP contribution in [0.1, 0.15) is 18.7 Å². The molecule has 2 heterocycles. The van der Waals surface area contributed by atoms with Gasteiger partial charge in [0.25, 0.3) is 0 Å². The second-order valence-corrected chi connectivity index (χ2v) is 7.10. The number of nitrogens with zero attached hydrogens (tertiary/aromatic N) is 4. The Morgan fingerprint density at radius 1 is 1.09 bits per heavy atom. The third-order valence-corrected chi connectivity index (χ3v) is 4.59. The van der Waals surface area contributed by atoms with E-state index in [1.165, 1.54) is 24.3 Å². The number of piperidine rings is 1. The molecular weight excluding hydrogens is 452 g/mol.